The molecule has 0 atom stereocenters. The van der Waals surface area contributed by atoms with Crippen LogP contribution in [0.2, 0.25) is 0 Å². The van der Waals surface area contributed by atoms with Crippen LogP contribution < -0.4 is 0 Å². The largest absolute Gasteiger partial charge is 0.279 e. The highest BCUT2D eigenvalue weighted by Gasteiger charge is 2.26. The third-order valence-electron chi connectivity index (χ3n) is 3.96. The van der Waals surface area contributed by atoms with E-state index in [0.29, 0.717) is 0 Å². The number of benzene rings is 3. The average Bonchev–Trinajstić information content (AvgIpc) is 2.67. The summed E-state index contributed by atoms with van der Waals surface area (Å²) in [5.74, 6) is 0. The minimum atomic E-state index is -3.78. The summed E-state index contributed by atoms with van der Waals surface area (Å²) in [6, 6.07) is 25.7. The lowest BCUT2D eigenvalue weighted by molar-refractivity contribution is -0.103. The number of sulfonamides is 1. The van der Waals surface area contributed by atoms with Gasteiger partial charge in [-0.2, -0.15) is 0 Å². The molecule has 0 amide bonds. The summed E-state index contributed by atoms with van der Waals surface area (Å²) < 4.78 is 27.2. The van der Waals surface area contributed by atoms with E-state index in [1.807, 2.05) is 67.6 Å². The first-order chi connectivity index (χ1) is 12.6. The van der Waals surface area contributed by atoms with E-state index >= 15 is 0 Å². The zero-order valence-electron chi connectivity index (χ0n) is 14.6. The summed E-state index contributed by atoms with van der Waals surface area (Å²) in [5.41, 5.74) is 2.77. The molecule has 0 N–H and O–H groups in total. The quantitative estimate of drug-likeness (QED) is 0.584. The molecule has 26 heavy (non-hydrogen) atoms. The minimum absolute atomic E-state index is 0.143. The Morgan fingerprint density at radius 3 is 1.88 bits per heavy atom. The van der Waals surface area contributed by atoms with Crippen molar-refractivity contribution in [2.24, 2.45) is 0 Å². The van der Waals surface area contributed by atoms with Gasteiger partial charge in [0.15, 0.2) is 0 Å². The fourth-order valence-corrected chi connectivity index (χ4v) is 3.71. The SMILES string of the molecule is Cc1ccc(S(=O)(=O)N(Cc2ccccc2)OCc2ccccc2)cc1. The van der Waals surface area contributed by atoms with Gasteiger partial charge in [0.25, 0.3) is 10.0 Å². The van der Waals surface area contributed by atoms with Crippen molar-refractivity contribution in [1.29, 1.82) is 0 Å². The van der Waals surface area contributed by atoms with Crippen LogP contribution >= 0.6 is 0 Å². The lowest BCUT2D eigenvalue weighted by Gasteiger charge is -2.22. The van der Waals surface area contributed by atoms with Crippen LogP contribution in [-0.4, -0.2) is 12.9 Å². The molecule has 4 nitrogen and oxygen atoms in total. The molecule has 3 aromatic rings. The van der Waals surface area contributed by atoms with Crippen molar-refractivity contribution in [3.63, 3.8) is 0 Å². The van der Waals surface area contributed by atoms with Crippen molar-refractivity contribution >= 4 is 10.0 Å². The van der Waals surface area contributed by atoms with Crippen LogP contribution in [0.4, 0.5) is 0 Å². The van der Waals surface area contributed by atoms with Gasteiger partial charge in [0, 0.05) is 0 Å². The van der Waals surface area contributed by atoms with E-state index in [1.54, 1.807) is 24.3 Å². The maximum absolute atomic E-state index is 13.1. The standard InChI is InChI=1S/C21H21NO3S/c1-18-12-14-21(15-13-18)26(23,24)22(16-19-8-4-2-5-9-19)25-17-20-10-6-3-7-11-20/h2-15H,16-17H2,1H3. The van der Waals surface area contributed by atoms with Crippen molar-refractivity contribution < 1.29 is 13.3 Å². The molecule has 0 saturated carbocycles. The molecule has 0 fully saturated rings. The molecule has 0 heterocycles. The van der Waals surface area contributed by atoms with Crippen LogP contribution in [0.3, 0.4) is 0 Å². The Hall–Kier alpha value is -2.47. The van der Waals surface area contributed by atoms with Crippen molar-refractivity contribution in [2.75, 3.05) is 0 Å². The second kappa shape index (κ2) is 8.27. The highest BCUT2D eigenvalue weighted by molar-refractivity contribution is 7.89. The van der Waals surface area contributed by atoms with E-state index in [9.17, 15) is 8.42 Å². The Morgan fingerprint density at radius 1 is 0.769 bits per heavy atom. The maximum atomic E-state index is 13.1. The summed E-state index contributed by atoms with van der Waals surface area (Å²) in [4.78, 5) is 5.94. The number of nitrogens with zero attached hydrogens (tertiary/aromatic N) is 1. The second-order valence-corrected chi connectivity index (χ2v) is 7.85. The van der Waals surface area contributed by atoms with Gasteiger partial charge in [0.1, 0.15) is 0 Å². The van der Waals surface area contributed by atoms with E-state index in [2.05, 4.69) is 0 Å². The van der Waals surface area contributed by atoms with Crippen LogP contribution in [0.1, 0.15) is 16.7 Å². The number of rotatable bonds is 7. The third kappa shape index (κ3) is 4.58. The van der Waals surface area contributed by atoms with Gasteiger partial charge >= 0.3 is 0 Å². The third-order valence-corrected chi connectivity index (χ3v) is 5.60. The summed E-state index contributed by atoms with van der Waals surface area (Å²) in [6.07, 6.45) is 0. The van der Waals surface area contributed by atoms with Gasteiger partial charge in [0.2, 0.25) is 0 Å². The predicted molar refractivity (Wildman–Crippen MR) is 102 cm³/mol. The molecule has 0 bridgehead atoms. The zero-order valence-corrected chi connectivity index (χ0v) is 15.4. The van der Waals surface area contributed by atoms with Crippen LogP contribution in [0, 0.1) is 6.92 Å². The Balaban J connectivity index is 1.87. The molecule has 3 aromatic carbocycles. The minimum Gasteiger partial charge on any atom is -0.279 e. The number of hydrogen-bond donors (Lipinski definition) is 0. The van der Waals surface area contributed by atoms with E-state index < -0.39 is 10.0 Å². The first-order valence-electron chi connectivity index (χ1n) is 8.36. The van der Waals surface area contributed by atoms with Gasteiger partial charge in [-0.25, -0.2) is 8.42 Å². The second-order valence-electron chi connectivity index (χ2n) is 6.02. The van der Waals surface area contributed by atoms with Crippen LogP contribution in [0.25, 0.3) is 0 Å². The maximum Gasteiger partial charge on any atom is 0.265 e. The van der Waals surface area contributed by atoms with Crippen molar-refractivity contribution in [3.05, 3.63) is 102 Å². The molecule has 0 saturated heterocycles. The van der Waals surface area contributed by atoms with Crippen LogP contribution in [-0.2, 0) is 28.0 Å². The van der Waals surface area contributed by atoms with E-state index in [-0.39, 0.29) is 18.0 Å². The number of aryl methyl sites for hydroxylation is 1. The molecule has 3 rings (SSSR count). The molecule has 5 heteroatoms. The summed E-state index contributed by atoms with van der Waals surface area (Å²) in [5, 5.41) is 0. The highest BCUT2D eigenvalue weighted by atomic mass is 32.2. The van der Waals surface area contributed by atoms with Gasteiger partial charge < -0.3 is 0 Å². The molecule has 0 aromatic heterocycles. The summed E-state index contributed by atoms with van der Waals surface area (Å²) in [7, 11) is -3.78. The monoisotopic (exact) mass is 367 g/mol. The molecule has 0 aliphatic heterocycles. The molecule has 0 radical (unpaired) electrons. The molecule has 134 valence electrons. The Morgan fingerprint density at radius 2 is 1.31 bits per heavy atom. The Labute approximate surface area is 154 Å². The van der Waals surface area contributed by atoms with E-state index in [0.717, 1.165) is 21.2 Å². The topological polar surface area (TPSA) is 46.6 Å². The molecule has 0 unspecified atom stereocenters. The summed E-state index contributed by atoms with van der Waals surface area (Å²) in [6.45, 7) is 2.24. The first-order valence-corrected chi connectivity index (χ1v) is 9.80. The smallest absolute Gasteiger partial charge is 0.265 e. The fourth-order valence-electron chi connectivity index (χ4n) is 2.48. The van der Waals surface area contributed by atoms with Gasteiger partial charge in [-0.05, 0) is 30.2 Å². The van der Waals surface area contributed by atoms with Crippen LogP contribution in [0.5, 0.6) is 0 Å². The average molecular weight is 367 g/mol. The fraction of sp³-hybridized carbons (Fsp3) is 0.143. The number of hydroxylamine groups is 1. The Bertz CT molecular complexity index is 924. The molecule has 0 aliphatic carbocycles. The number of hydrogen-bond acceptors (Lipinski definition) is 3. The molecule has 0 spiro atoms. The lowest BCUT2D eigenvalue weighted by atomic mass is 10.2. The van der Waals surface area contributed by atoms with Gasteiger partial charge in [-0.1, -0.05) is 82.8 Å². The van der Waals surface area contributed by atoms with Crippen LogP contribution in [0.15, 0.2) is 89.8 Å². The Kier molecular flexibility index (Phi) is 5.83. The molecular formula is C21H21NO3S. The van der Waals surface area contributed by atoms with E-state index in [1.165, 1.54) is 0 Å². The summed E-state index contributed by atoms with van der Waals surface area (Å²) >= 11 is 0. The van der Waals surface area contributed by atoms with Gasteiger partial charge in [0.05, 0.1) is 18.0 Å². The zero-order chi connectivity index (χ0) is 18.4. The first kappa shape index (κ1) is 18.3. The molecular weight excluding hydrogens is 346 g/mol. The van der Waals surface area contributed by atoms with Gasteiger partial charge in [-0.3, -0.25) is 4.84 Å². The van der Waals surface area contributed by atoms with Crippen molar-refractivity contribution in [2.45, 2.75) is 25.0 Å². The predicted octanol–water partition coefficient (Wildman–Crippen LogP) is 4.32. The highest BCUT2D eigenvalue weighted by Crippen LogP contribution is 2.20. The lowest BCUT2D eigenvalue weighted by Crippen LogP contribution is -2.30. The molecule has 0 aliphatic rings. The normalized spacial score (nSPS) is 11.6. The van der Waals surface area contributed by atoms with Gasteiger partial charge in [-0.15, -0.1) is 0 Å². The van der Waals surface area contributed by atoms with Crippen molar-refractivity contribution in [3.8, 4) is 0 Å². The van der Waals surface area contributed by atoms with Crippen molar-refractivity contribution in [1.82, 2.24) is 4.47 Å². The van der Waals surface area contributed by atoms with E-state index in [4.69, 9.17) is 4.84 Å².